The largest absolute Gasteiger partial charge is 0.461 e. The smallest absolute Gasteiger partial charge is 0.358 e. The number of hydrogen-bond donors (Lipinski definition) is 0. The number of benzene rings is 1. The second-order valence-electron chi connectivity index (χ2n) is 5.73. The van der Waals surface area contributed by atoms with E-state index in [1.54, 1.807) is 38.0 Å². The fraction of sp³-hybridized carbons (Fsp3) is 0.278. The Morgan fingerprint density at radius 3 is 2.80 bits per heavy atom. The van der Waals surface area contributed by atoms with Crippen LogP contribution in [0.15, 0.2) is 36.9 Å². The Labute approximate surface area is 144 Å². The second-order valence-corrected chi connectivity index (χ2v) is 5.73. The molecule has 0 aliphatic rings. The summed E-state index contributed by atoms with van der Waals surface area (Å²) < 4.78 is 22.8. The lowest BCUT2D eigenvalue weighted by Gasteiger charge is -2.08. The van der Waals surface area contributed by atoms with E-state index < -0.39 is 5.97 Å². The lowest BCUT2D eigenvalue weighted by Crippen LogP contribution is -2.07. The molecule has 0 saturated carbocycles. The van der Waals surface area contributed by atoms with Gasteiger partial charge in [-0.1, -0.05) is 0 Å². The number of imidazole rings is 2. The van der Waals surface area contributed by atoms with Crippen LogP contribution in [0.3, 0.4) is 0 Å². The van der Waals surface area contributed by atoms with E-state index in [-0.39, 0.29) is 18.1 Å². The molecule has 0 amide bonds. The van der Waals surface area contributed by atoms with E-state index in [1.807, 2.05) is 16.8 Å². The van der Waals surface area contributed by atoms with Crippen LogP contribution in [0.25, 0.3) is 11.4 Å². The Morgan fingerprint density at radius 1 is 1.32 bits per heavy atom. The second kappa shape index (κ2) is 6.88. The number of carbonyl (C=O) groups is 1. The minimum atomic E-state index is -0.475. The van der Waals surface area contributed by atoms with Gasteiger partial charge in [-0.05, 0) is 37.6 Å². The highest BCUT2D eigenvalue weighted by Crippen LogP contribution is 2.24. The lowest BCUT2D eigenvalue weighted by molar-refractivity contribution is 0.0519. The maximum absolute atomic E-state index is 14.1. The maximum atomic E-state index is 14.1. The van der Waals surface area contributed by atoms with E-state index in [1.165, 1.54) is 12.1 Å². The third-order valence-corrected chi connectivity index (χ3v) is 3.99. The summed E-state index contributed by atoms with van der Waals surface area (Å²) >= 11 is 0. The molecule has 3 aromatic rings. The highest BCUT2D eigenvalue weighted by atomic mass is 19.1. The summed E-state index contributed by atoms with van der Waals surface area (Å²) in [6, 6.07) is 4.75. The molecule has 0 aliphatic heterocycles. The van der Waals surface area contributed by atoms with Gasteiger partial charge in [-0.15, -0.1) is 0 Å². The van der Waals surface area contributed by atoms with Crippen molar-refractivity contribution in [2.75, 3.05) is 6.61 Å². The molecule has 0 atom stereocenters. The van der Waals surface area contributed by atoms with E-state index in [9.17, 15) is 9.18 Å². The number of nitrogens with zero attached hydrogens (tertiary/aromatic N) is 4. The van der Waals surface area contributed by atoms with Crippen LogP contribution in [-0.2, 0) is 18.3 Å². The normalized spacial score (nSPS) is 10.9. The van der Waals surface area contributed by atoms with Crippen LogP contribution in [-0.4, -0.2) is 31.7 Å². The van der Waals surface area contributed by atoms with Crippen molar-refractivity contribution < 1.29 is 13.9 Å². The van der Waals surface area contributed by atoms with Gasteiger partial charge in [0.25, 0.3) is 0 Å². The zero-order valence-electron chi connectivity index (χ0n) is 14.4. The highest BCUT2D eigenvalue weighted by molar-refractivity contribution is 5.89. The number of ether oxygens (including phenoxy) is 1. The molecule has 0 unspecified atom stereocenters. The molecule has 2 aromatic heterocycles. The summed E-state index contributed by atoms with van der Waals surface area (Å²) in [5.74, 6) is -0.310. The quantitative estimate of drug-likeness (QED) is 0.669. The molecule has 2 heterocycles. The molecule has 1 aromatic carbocycles. The van der Waals surface area contributed by atoms with Crippen molar-refractivity contribution in [3.8, 4) is 11.4 Å². The zero-order chi connectivity index (χ0) is 18.0. The number of halogens is 1. The molecule has 130 valence electrons. The SMILES string of the molecule is CCOC(=O)c1nc(-c2cc(F)cc(Cn3ccnc3)c2)n(C)c1C. The Bertz CT molecular complexity index is 900. The average molecular weight is 342 g/mol. The van der Waals surface area contributed by atoms with Crippen LogP contribution >= 0.6 is 0 Å². The van der Waals surface area contributed by atoms with E-state index in [0.29, 0.717) is 23.6 Å². The van der Waals surface area contributed by atoms with Crippen LogP contribution in [0, 0.1) is 12.7 Å². The van der Waals surface area contributed by atoms with Gasteiger partial charge in [-0.2, -0.15) is 0 Å². The van der Waals surface area contributed by atoms with E-state index in [2.05, 4.69) is 9.97 Å². The molecule has 0 fully saturated rings. The van der Waals surface area contributed by atoms with Crippen molar-refractivity contribution in [2.45, 2.75) is 20.4 Å². The summed E-state index contributed by atoms with van der Waals surface area (Å²) in [4.78, 5) is 20.4. The first-order valence-electron chi connectivity index (χ1n) is 7.95. The lowest BCUT2D eigenvalue weighted by atomic mass is 10.1. The van der Waals surface area contributed by atoms with Crippen molar-refractivity contribution in [3.05, 3.63) is 59.7 Å². The first-order chi connectivity index (χ1) is 12.0. The third kappa shape index (κ3) is 3.45. The molecular formula is C18H19FN4O2. The van der Waals surface area contributed by atoms with Crippen molar-refractivity contribution in [3.63, 3.8) is 0 Å². The van der Waals surface area contributed by atoms with Crippen LogP contribution in [0.2, 0.25) is 0 Å². The average Bonchev–Trinajstić information content (AvgIpc) is 3.16. The number of aromatic nitrogens is 4. The Balaban J connectivity index is 2.00. The van der Waals surface area contributed by atoms with Gasteiger partial charge in [0, 0.05) is 37.2 Å². The van der Waals surface area contributed by atoms with Gasteiger partial charge in [0.05, 0.1) is 12.9 Å². The summed E-state index contributed by atoms with van der Waals surface area (Å²) in [7, 11) is 1.79. The summed E-state index contributed by atoms with van der Waals surface area (Å²) in [5.41, 5.74) is 2.32. The Morgan fingerprint density at radius 2 is 2.12 bits per heavy atom. The van der Waals surface area contributed by atoms with Crippen molar-refractivity contribution in [1.82, 2.24) is 19.1 Å². The molecule has 0 spiro atoms. The monoisotopic (exact) mass is 342 g/mol. The molecule has 7 heteroatoms. The predicted molar refractivity (Wildman–Crippen MR) is 90.6 cm³/mol. The fourth-order valence-corrected chi connectivity index (χ4v) is 2.69. The van der Waals surface area contributed by atoms with E-state index in [0.717, 1.165) is 5.56 Å². The van der Waals surface area contributed by atoms with Gasteiger partial charge >= 0.3 is 5.97 Å². The fourth-order valence-electron chi connectivity index (χ4n) is 2.69. The molecular weight excluding hydrogens is 323 g/mol. The molecule has 0 saturated heterocycles. The van der Waals surface area contributed by atoms with E-state index >= 15 is 0 Å². The van der Waals surface area contributed by atoms with Crippen molar-refractivity contribution >= 4 is 5.97 Å². The first kappa shape index (κ1) is 16.9. The summed E-state index contributed by atoms with van der Waals surface area (Å²) in [6.45, 7) is 4.30. The number of carbonyl (C=O) groups excluding carboxylic acids is 1. The molecule has 0 bridgehead atoms. The van der Waals surface area contributed by atoms with Crippen LogP contribution in [0.5, 0.6) is 0 Å². The predicted octanol–water partition coefficient (Wildman–Crippen LogP) is 2.96. The summed E-state index contributed by atoms with van der Waals surface area (Å²) in [5, 5.41) is 0. The molecule has 0 aliphatic carbocycles. The van der Waals surface area contributed by atoms with Crippen LogP contribution in [0.1, 0.15) is 28.7 Å². The first-order valence-corrected chi connectivity index (χ1v) is 7.95. The number of esters is 1. The number of hydrogen-bond acceptors (Lipinski definition) is 4. The van der Waals surface area contributed by atoms with Gasteiger partial charge in [0.1, 0.15) is 11.6 Å². The van der Waals surface area contributed by atoms with Crippen LogP contribution < -0.4 is 0 Å². The Hall–Kier alpha value is -2.96. The molecule has 3 rings (SSSR count). The Kier molecular flexibility index (Phi) is 4.65. The topological polar surface area (TPSA) is 61.9 Å². The molecule has 0 radical (unpaired) electrons. The van der Waals surface area contributed by atoms with Gasteiger partial charge in [-0.3, -0.25) is 0 Å². The third-order valence-electron chi connectivity index (χ3n) is 3.99. The van der Waals surface area contributed by atoms with Crippen LogP contribution in [0.4, 0.5) is 4.39 Å². The standard InChI is InChI=1S/C18H19FN4O2/c1-4-25-18(24)16-12(2)22(3)17(21-16)14-7-13(8-15(19)9-14)10-23-6-5-20-11-23/h5-9,11H,4,10H2,1-3H3. The van der Waals surface area contributed by atoms with E-state index in [4.69, 9.17) is 4.74 Å². The minimum Gasteiger partial charge on any atom is -0.461 e. The maximum Gasteiger partial charge on any atom is 0.358 e. The molecule has 6 nitrogen and oxygen atoms in total. The summed E-state index contributed by atoms with van der Waals surface area (Å²) in [6.07, 6.45) is 5.16. The minimum absolute atomic E-state index is 0.250. The van der Waals surface area contributed by atoms with Gasteiger partial charge in [-0.25, -0.2) is 19.2 Å². The number of rotatable bonds is 5. The molecule has 25 heavy (non-hydrogen) atoms. The highest BCUT2D eigenvalue weighted by Gasteiger charge is 2.20. The van der Waals surface area contributed by atoms with Crippen molar-refractivity contribution in [2.24, 2.45) is 7.05 Å². The van der Waals surface area contributed by atoms with Gasteiger partial charge < -0.3 is 13.9 Å². The van der Waals surface area contributed by atoms with Gasteiger partial charge in [0.2, 0.25) is 0 Å². The molecule has 0 N–H and O–H groups in total. The zero-order valence-corrected chi connectivity index (χ0v) is 14.4. The van der Waals surface area contributed by atoms with Crippen molar-refractivity contribution in [1.29, 1.82) is 0 Å². The van der Waals surface area contributed by atoms with Gasteiger partial charge in [0.15, 0.2) is 5.69 Å².